The van der Waals surface area contributed by atoms with Gasteiger partial charge in [0.15, 0.2) is 0 Å². The van der Waals surface area contributed by atoms with Crippen LogP contribution in [0.4, 0.5) is 0 Å². The van der Waals surface area contributed by atoms with E-state index in [0.717, 1.165) is 0 Å². The molecule has 0 N–H and O–H groups in total. The fraction of sp³-hybridized carbons (Fsp3) is 0.933. The highest BCUT2D eigenvalue weighted by Crippen LogP contribution is 2.34. The van der Waals surface area contributed by atoms with Gasteiger partial charge in [0, 0.05) is 0 Å². The molecule has 15 heavy (non-hydrogen) atoms. The Morgan fingerprint density at radius 3 is 1.33 bits per heavy atom. The molecule has 1 saturated carbocycles. The lowest BCUT2D eigenvalue weighted by molar-refractivity contribution is 0.298. The van der Waals surface area contributed by atoms with E-state index in [-0.39, 0.29) is 0 Å². The molecule has 0 bridgehead atoms. The molecular weight excluding hydrogens is 180 g/mol. The van der Waals surface area contributed by atoms with Gasteiger partial charge in [-0.05, 0) is 24.7 Å². The van der Waals surface area contributed by atoms with E-state index < -0.39 is 0 Å². The lowest BCUT2D eigenvalue weighted by atomic mass is 9.77. The molecule has 0 nitrogen and oxygen atoms in total. The van der Waals surface area contributed by atoms with Gasteiger partial charge in [-0.1, -0.05) is 71.6 Å². The standard InChI is InChI=1S/C15H29/c1-3-15(2)13-11-9-7-5-4-6-8-10-12-14-15/h3H,4-14H2,1-2H3. The molecule has 0 heteroatoms. The second-order valence-electron chi connectivity index (χ2n) is 5.62. The minimum Gasteiger partial charge on any atom is -0.0617 e. The van der Waals surface area contributed by atoms with Gasteiger partial charge in [-0.2, -0.15) is 0 Å². The van der Waals surface area contributed by atoms with Gasteiger partial charge in [-0.25, -0.2) is 0 Å². The smallest absolute Gasteiger partial charge is 0.0297 e. The van der Waals surface area contributed by atoms with Crippen molar-refractivity contribution < 1.29 is 0 Å². The number of rotatable bonds is 1. The zero-order valence-corrected chi connectivity index (χ0v) is 10.9. The fourth-order valence-corrected chi connectivity index (χ4v) is 2.71. The average Bonchev–Trinajstić information content (AvgIpc) is 2.23. The van der Waals surface area contributed by atoms with Gasteiger partial charge >= 0.3 is 0 Å². The van der Waals surface area contributed by atoms with Crippen molar-refractivity contribution in [1.82, 2.24) is 0 Å². The highest BCUT2D eigenvalue weighted by atomic mass is 14.3. The van der Waals surface area contributed by atoms with Crippen LogP contribution in [0, 0.1) is 11.8 Å². The SMILES string of the molecule is C[CH]C1(C)CCCCCCCCCCC1. The molecule has 0 saturated heterocycles. The third-order valence-electron chi connectivity index (χ3n) is 4.19. The van der Waals surface area contributed by atoms with E-state index in [9.17, 15) is 0 Å². The van der Waals surface area contributed by atoms with Crippen molar-refractivity contribution in [2.24, 2.45) is 5.41 Å². The van der Waals surface area contributed by atoms with Crippen LogP contribution in [0.2, 0.25) is 0 Å². The van der Waals surface area contributed by atoms with Crippen molar-refractivity contribution in [2.75, 3.05) is 0 Å². The van der Waals surface area contributed by atoms with Gasteiger partial charge < -0.3 is 0 Å². The van der Waals surface area contributed by atoms with Crippen LogP contribution in [0.3, 0.4) is 0 Å². The van der Waals surface area contributed by atoms with Gasteiger partial charge in [0.25, 0.3) is 0 Å². The summed E-state index contributed by atoms with van der Waals surface area (Å²) in [5, 5.41) is 0. The Morgan fingerprint density at radius 1 is 0.667 bits per heavy atom. The van der Waals surface area contributed by atoms with Crippen molar-refractivity contribution in [2.45, 2.75) is 84.5 Å². The van der Waals surface area contributed by atoms with E-state index in [1.807, 2.05) is 0 Å². The summed E-state index contributed by atoms with van der Waals surface area (Å²) in [5.74, 6) is 0. The molecule has 1 radical (unpaired) electrons. The summed E-state index contributed by atoms with van der Waals surface area (Å²) >= 11 is 0. The first-order valence-electron chi connectivity index (χ1n) is 7.07. The van der Waals surface area contributed by atoms with Crippen LogP contribution < -0.4 is 0 Å². The van der Waals surface area contributed by atoms with Crippen LogP contribution in [0.25, 0.3) is 0 Å². The van der Waals surface area contributed by atoms with Crippen molar-refractivity contribution in [3.8, 4) is 0 Å². The zero-order chi connectivity index (χ0) is 11.0. The monoisotopic (exact) mass is 209 g/mol. The van der Waals surface area contributed by atoms with Gasteiger partial charge in [-0.3, -0.25) is 0 Å². The number of hydrogen-bond acceptors (Lipinski definition) is 0. The Kier molecular flexibility index (Phi) is 6.36. The Labute approximate surface area is 96.8 Å². The molecule has 0 aliphatic heterocycles. The summed E-state index contributed by atoms with van der Waals surface area (Å²) in [4.78, 5) is 0. The lowest BCUT2D eigenvalue weighted by Crippen LogP contribution is -2.16. The van der Waals surface area contributed by atoms with Gasteiger partial charge in [-0.15, -0.1) is 0 Å². The van der Waals surface area contributed by atoms with Gasteiger partial charge in [0.05, 0.1) is 0 Å². The van der Waals surface area contributed by atoms with Crippen molar-refractivity contribution in [3.05, 3.63) is 6.42 Å². The van der Waals surface area contributed by atoms with E-state index in [1.54, 1.807) is 0 Å². The molecule has 0 aromatic carbocycles. The lowest BCUT2D eigenvalue weighted by Gasteiger charge is -2.28. The third-order valence-corrected chi connectivity index (χ3v) is 4.19. The van der Waals surface area contributed by atoms with Crippen LogP contribution in [0.15, 0.2) is 0 Å². The summed E-state index contributed by atoms with van der Waals surface area (Å²) in [6.45, 7) is 4.71. The third kappa shape index (κ3) is 5.58. The maximum Gasteiger partial charge on any atom is -0.0297 e. The Balaban J connectivity index is 2.32. The van der Waals surface area contributed by atoms with Crippen molar-refractivity contribution in [3.63, 3.8) is 0 Å². The van der Waals surface area contributed by atoms with Crippen molar-refractivity contribution >= 4 is 0 Å². The highest BCUT2D eigenvalue weighted by molar-refractivity contribution is 4.85. The summed E-state index contributed by atoms with van der Waals surface area (Å²) in [7, 11) is 0. The topological polar surface area (TPSA) is 0 Å². The first kappa shape index (κ1) is 13.1. The van der Waals surface area contributed by atoms with Crippen LogP contribution in [-0.2, 0) is 0 Å². The Bertz CT molecular complexity index is 136. The molecule has 1 fully saturated rings. The average molecular weight is 209 g/mol. The quantitative estimate of drug-likeness (QED) is 0.533. The van der Waals surface area contributed by atoms with Crippen molar-refractivity contribution in [1.29, 1.82) is 0 Å². The number of hydrogen-bond donors (Lipinski definition) is 0. The molecule has 89 valence electrons. The first-order valence-corrected chi connectivity index (χ1v) is 7.07. The predicted octanol–water partition coefficient (Wildman–Crippen LogP) is 5.52. The molecule has 0 aromatic rings. The highest BCUT2D eigenvalue weighted by Gasteiger charge is 2.21. The predicted molar refractivity (Wildman–Crippen MR) is 68.9 cm³/mol. The minimum absolute atomic E-state index is 0.541. The summed E-state index contributed by atoms with van der Waals surface area (Å²) in [5.41, 5.74) is 0.541. The minimum atomic E-state index is 0.541. The summed E-state index contributed by atoms with van der Waals surface area (Å²) < 4.78 is 0. The van der Waals surface area contributed by atoms with Gasteiger partial charge in [0.1, 0.15) is 0 Å². The largest absolute Gasteiger partial charge is 0.0617 e. The van der Waals surface area contributed by atoms with Crippen LogP contribution >= 0.6 is 0 Å². The van der Waals surface area contributed by atoms with Gasteiger partial charge in [0.2, 0.25) is 0 Å². The van der Waals surface area contributed by atoms with E-state index in [2.05, 4.69) is 20.3 Å². The first-order chi connectivity index (χ1) is 7.27. The van der Waals surface area contributed by atoms with Crippen LogP contribution in [0.5, 0.6) is 0 Å². The Morgan fingerprint density at radius 2 is 1.00 bits per heavy atom. The van der Waals surface area contributed by atoms with Crippen LogP contribution in [0.1, 0.15) is 84.5 Å². The molecule has 1 aliphatic carbocycles. The fourth-order valence-electron chi connectivity index (χ4n) is 2.71. The maximum absolute atomic E-state index is 2.46. The molecule has 0 amide bonds. The van der Waals surface area contributed by atoms with E-state index >= 15 is 0 Å². The molecule has 0 atom stereocenters. The molecule has 0 aromatic heterocycles. The molecule has 1 aliphatic rings. The van der Waals surface area contributed by atoms with E-state index in [1.165, 1.54) is 70.6 Å². The van der Waals surface area contributed by atoms with E-state index in [4.69, 9.17) is 0 Å². The summed E-state index contributed by atoms with van der Waals surface area (Å²) in [6, 6.07) is 0. The molecule has 0 unspecified atom stereocenters. The molecule has 1 rings (SSSR count). The second kappa shape index (κ2) is 7.30. The molecule has 0 spiro atoms. The Hall–Kier alpha value is 0. The van der Waals surface area contributed by atoms with Crippen LogP contribution in [-0.4, -0.2) is 0 Å². The maximum atomic E-state index is 2.46. The second-order valence-corrected chi connectivity index (χ2v) is 5.62. The zero-order valence-electron chi connectivity index (χ0n) is 10.9. The summed E-state index contributed by atoms with van der Waals surface area (Å²) in [6.07, 6.45) is 18.5. The molecular formula is C15H29. The van der Waals surface area contributed by atoms with E-state index in [0.29, 0.717) is 5.41 Å². The molecule has 0 heterocycles. The normalized spacial score (nSPS) is 25.2.